The van der Waals surface area contributed by atoms with Crippen LogP contribution in [-0.4, -0.2) is 41.7 Å². The molecule has 0 aliphatic heterocycles. The van der Waals surface area contributed by atoms with Crippen LogP contribution >= 0.6 is 12.4 Å². The first-order valence-corrected chi connectivity index (χ1v) is 7.90. The van der Waals surface area contributed by atoms with Crippen molar-refractivity contribution in [3.63, 3.8) is 0 Å². The number of likely N-dealkylation sites (N-methyl/N-ethyl adjacent to an activating group) is 1. The van der Waals surface area contributed by atoms with E-state index in [9.17, 15) is 14.0 Å². The molecule has 0 spiro atoms. The van der Waals surface area contributed by atoms with Crippen LogP contribution in [-0.2, 0) is 11.8 Å². The zero-order chi connectivity index (χ0) is 18.4. The van der Waals surface area contributed by atoms with Gasteiger partial charge in [-0.1, -0.05) is 6.07 Å². The molecule has 0 saturated carbocycles. The van der Waals surface area contributed by atoms with E-state index in [4.69, 9.17) is 0 Å². The van der Waals surface area contributed by atoms with Gasteiger partial charge in [0.2, 0.25) is 5.91 Å². The van der Waals surface area contributed by atoms with Gasteiger partial charge >= 0.3 is 0 Å². The smallest absolute Gasteiger partial charge is 0.251 e. The van der Waals surface area contributed by atoms with Crippen LogP contribution in [0.25, 0.3) is 0 Å². The zero-order valence-corrected chi connectivity index (χ0v) is 15.7. The molecule has 0 aliphatic carbocycles. The first kappa shape index (κ1) is 21.6. The Labute approximate surface area is 157 Å². The number of nitrogens with zero attached hydrogens (tertiary/aromatic N) is 2. The van der Waals surface area contributed by atoms with Crippen LogP contribution in [0.5, 0.6) is 0 Å². The van der Waals surface area contributed by atoms with Gasteiger partial charge in [0.15, 0.2) is 0 Å². The van der Waals surface area contributed by atoms with Gasteiger partial charge in [0, 0.05) is 37.5 Å². The van der Waals surface area contributed by atoms with Crippen LogP contribution < -0.4 is 16.0 Å². The van der Waals surface area contributed by atoms with Crippen LogP contribution in [0, 0.1) is 12.7 Å². The molecule has 2 amide bonds. The van der Waals surface area contributed by atoms with Crippen molar-refractivity contribution >= 4 is 24.2 Å². The average Bonchev–Trinajstić information content (AvgIpc) is 3.00. The standard InChI is InChI=1S/C17H22FN5O2.ClH/c1-11-4-5-12(8-14(11)18)16(24)20-6-7-21-17(25)15(19-2)13-9-22-23(3)10-13;/h4-5,8-10,15,19H,6-7H2,1-3H3,(H,20,24)(H,21,25);1H. The molecule has 2 rings (SSSR count). The van der Waals surface area contributed by atoms with E-state index < -0.39 is 11.9 Å². The molecule has 0 fully saturated rings. The highest BCUT2D eigenvalue weighted by Gasteiger charge is 2.19. The van der Waals surface area contributed by atoms with E-state index in [-0.39, 0.29) is 42.9 Å². The molecule has 142 valence electrons. The third-order valence-corrected chi connectivity index (χ3v) is 3.75. The summed E-state index contributed by atoms with van der Waals surface area (Å²) in [4.78, 5) is 24.2. The summed E-state index contributed by atoms with van der Waals surface area (Å²) >= 11 is 0. The third-order valence-electron chi connectivity index (χ3n) is 3.75. The van der Waals surface area contributed by atoms with Gasteiger partial charge in [-0.25, -0.2) is 4.39 Å². The number of nitrogens with one attached hydrogen (secondary N) is 3. The number of hydrogen-bond acceptors (Lipinski definition) is 4. The predicted octanol–water partition coefficient (Wildman–Crippen LogP) is 1.10. The highest BCUT2D eigenvalue weighted by molar-refractivity contribution is 5.94. The molecule has 1 heterocycles. The number of amides is 2. The van der Waals surface area contributed by atoms with E-state index in [0.29, 0.717) is 5.56 Å². The van der Waals surface area contributed by atoms with Gasteiger partial charge in [-0.05, 0) is 31.7 Å². The lowest BCUT2D eigenvalue weighted by molar-refractivity contribution is -0.123. The molecule has 1 unspecified atom stereocenters. The maximum atomic E-state index is 13.5. The molecule has 0 aliphatic rings. The molecule has 7 nitrogen and oxygen atoms in total. The molecular formula is C17H23ClFN5O2. The van der Waals surface area contributed by atoms with E-state index in [1.807, 2.05) is 0 Å². The molecule has 0 radical (unpaired) electrons. The van der Waals surface area contributed by atoms with Crippen molar-refractivity contribution in [2.45, 2.75) is 13.0 Å². The molecular weight excluding hydrogens is 361 g/mol. The minimum Gasteiger partial charge on any atom is -0.353 e. The molecule has 26 heavy (non-hydrogen) atoms. The summed E-state index contributed by atoms with van der Waals surface area (Å²) in [5, 5.41) is 12.4. The number of benzene rings is 1. The second-order valence-electron chi connectivity index (χ2n) is 5.68. The Bertz CT molecular complexity index is 765. The minimum atomic E-state index is -0.518. The van der Waals surface area contributed by atoms with Crippen molar-refractivity contribution in [2.75, 3.05) is 20.1 Å². The monoisotopic (exact) mass is 383 g/mol. The molecule has 9 heteroatoms. The largest absolute Gasteiger partial charge is 0.353 e. The number of carbonyl (C=O) groups excluding carboxylic acids is 2. The van der Waals surface area contributed by atoms with Crippen molar-refractivity contribution < 1.29 is 14.0 Å². The van der Waals surface area contributed by atoms with Crippen LogP contribution in [0.3, 0.4) is 0 Å². The summed E-state index contributed by atoms with van der Waals surface area (Å²) in [6, 6.07) is 3.79. The van der Waals surface area contributed by atoms with Crippen molar-refractivity contribution in [1.82, 2.24) is 25.7 Å². The molecule has 1 aromatic heterocycles. The molecule has 1 aromatic carbocycles. The van der Waals surface area contributed by atoms with Crippen LogP contribution in [0.4, 0.5) is 4.39 Å². The van der Waals surface area contributed by atoms with Gasteiger partial charge in [0.1, 0.15) is 11.9 Å². The van der Waals surface area contributed by atoms with Gasteiger partial charge < -0.3 is 16.0 Å². The Balaban J connectivity index is 0.00000338. The quantitative estimate of drug-likeness (QED) is 0.625. The first-order valence-electron chi connectivity index (χ1n) is 7.90. The second kappa shape index (κ2) is 9.88. The van der Waals surface area contributed by atoms with Crippen LogP contribution in [0.1, 0.15) is 27.5 Å². The van der Waals surface area contributed by atoms with Crippen molar-refractivity contribution in [1.29, 1.82) is 0 Å². The molecule has 0 bridgehead atoms. The van der Waals surface area contributed by atoms with Gasteiger partial charge in [0.25, 0.3) is 5.91 Å². The highest BCUT2D eigenvalue weighted by Crippen LogP contribution is 2.11. The van der Waals surface area contributed by atoms with Gasteiger partial charge in [-0.2, -0.15) is 5.10 Å². The second-order valence-corrected chi connectivity index (χ2v) is 5.68. The minimum absolute atomic E-state index is 0. The number of carbonyl (C=O) groups is 2. The average molecular weight is 384 g/mol. The molecule has 1 atom stereocenters. The van der Waals surface area contributed by atoms with E-state index in [0.717, 1.165) is 5.56 Å². The lowest BCUT2D eigenvalue weighted by atomic mass is 10.1. The van der Waals surface area contributed by atoms with Crippen LogP contribution in [0.2, 0.25) is 0 Å². The fourth-order valence-electron chi connectivity index (χ4n) is 2.34. The summed E-state index contributed by atoms with van der Waals surface area (Å²) in [7, 11) is 3.46. The number of hydrogen-bond donors (Lipinski definition) is 3. The first-order chi connectivity index (χ1) is 11.9. The van der Waals surface area contributed by atoms with E-state index in [2.05, 4.69) is 21.0 Å². The number of halogens is 2. The number of aryl methyl sites for hydroxylation is 2. The van der Waals surface area contributed by atoms with Crippen molar-refractivity contribution in [2.24, 2.45) is 7.05 Å². The summed E-state index contributed by atoms with van der Waals surface area (Å²) in [5.74, 6) is -1.02. The Hall–Kier alpha value is -2.45. The summed E-state index contributed by atoms with van der Waals surface area (Å²) in [6.07, 6.45) is 3.38. The summed E-state index contributed by atoms with van der Waals surface area (Å²) in [5.41, 5.74) is 1.48. The Morgan fingerprint density at radius 2 is 1.96 bits per heavy atom. The fourth-order valence-corrected chi connectivity index (χ4v) is 2.34. The van der Waals surface area contributed by atoms with Gasteiger partial charge in [-0.15, -0.1) is 12.4 Å². The summed E-state index contributed by atoms with van der Waals surface area (Å²) in [6.45, 7) is 2.13. The van der Waals surface area contributed by atoms with E-state index in [1.54, 1.807) is 50.2 Å². The zero-order valence-electron chi connectivity index (χ0n) is 14.9. The Kier molecular flexibility index (Phi) is 8.21. The Morgan fingerprint density at radius 1 is 1.27 bits per heavy atom. The van der Waals surface area contributed by atoms with Gasteiger partial charge in [-0.3, -0.25) is 14.3 Å². The maximum absolute atomic E-state index is 13.5. The molecule has 2 aromatic rings. The summed E-state index contributed by atoms with van der Waals surface area (Å²) < 4.78 is 15.1. The SMILES string of the molecule is CNC(C(=O)NCCNC(=O)c1ccc(C)c(F)c1)c1cnn(C)c1.Cl. The van der Waals surface area contributed by atoms with E-state index in [1.165, 1.54) is 6.07 Å². The molecule has 3 N–H and O–H groups in total. The number of aromatic nitrogens is 2. The predicted molar refractivity (Wildman–Crippen MR) is 98.7 cm³/mol. The molecule has 0 saturated heterocycles. The van der Waals surface area contributed by atoms with Crippen LogP contribution in [0.15, 0.2) is 30.6 Å². The van der Waals surface area contributed by atoms with Gasteiger partial charge in [0.05, 0.1) is 6.20 Å². The maximum Gasteiger partial charge on any atom is 0.251 e. The lowest BCUT2D eigenvalue weighted by Gasteiger charge is -2.14. The normalized spacial score (nSPS) is 11.4. The van der Waals surface area contributed by atoms with Crippen molar-refractivity contribution in [3.05, 3.63) is 53.1 Å². The fraction of sp³-hybridized carbons (Fsp3) is 0.353. The van der Waals surface area contributed by atoms with Crippen molar-refractivity contribution in [3.8, 4) is 0 Å². The topological polar surface area (TPSA) is 88.1 Å². The number of rotatable bonds is 7. The Morgan fingerprint density at radius 3 is 2.54 bits per heavy atom. The highest BCUT2D eigenvalue weighted by atomic mass is 35.5. The third kappa shape index (κ3) is 5.53. The van der Waals surface area contributed by atoms with E-state index >= 15 is 0 Å². The lowest BCUT2D eigenvalue weighted by Crippen LogP contribution is -2.40.